The Morgan fingerprint density at radius 3 is 2.53 bits per heavy atom. The Morgan fingerprint density at radius 2 is 1.93 bits per heavy atom. The molecule has 1 N–H and O–H groups in total. The molecule has 0 spiro atoms. The van der Waals surface area contributed by atoms with Gasteiger partial charge in [-0.05, 0) is 25.3 Å². The quantitative estimate of drug-likeness (QED) is 0.779. The summed E-state index contributed by atoms with van der Waals surface area (Å²) in [7, 11) is 0. The van der Waals surface area contributed by atoms with Gasteiger partial charge in [-0.2, -0.15) is 0 Å². The average molecular weight is 208 g/mol. The Labute approximate surface area is 91.9 Å². The van der Waals surface area contributed by atoms with E-state index >= 15 is 0 Å². The van der Waals surface area contributed by atoms with Crippen LogP contribution in [0.3, 0.4) is 0 Å². The lowest BCUT2D eigenvalue weighted by Gasteiger charge is -2.16. The maximum atomic E-state index is 9.45. The standard InChI is InChI=1S/C13H20O2/c1-3-13(14)9-11(2)15-10-12-7-5-4-6-8-12/h4-8,11,13-14H,3,9-10H2,1-2H3/t11-,13+/m1/s1. The highest BCUT2D eigenvalue weighted by Crippen LogP contribution is 2.08. The lowest BCUT2D eigenvalue weighted by molar-refractivity contribution is 0.0140. The van der Waals surface area contributed by atoms with E-state index in [9.17, 15) is 5.11 Å². The summed E-state index contributed by atoms with van der Waals surface area (Å²) in [4.78, 5) is 0. The molecule has 0 aliphatic heterocycles. The van der Waals surface area contributed by atoms with E-state index in [0.29, 0.717) is 13.0 Å². The number of ether oxygens (including phenoxy) is 1. The van der Waals surface area contributed by atoms with Crippen molar-refractivity contribution in [2.75, 3.05) is 0 Å². The number of hydrogen-bond donors (Lipinski definition) is 1. The van der Waals surface area contributed by atoms with Crippen LogP contribution >= 0.6 is 0 Å². The Morgan fingerprint density at radius 1 is 1.27 bits per heavy atom. The lowest BCUT2D eigenvalue weighted by Crippen LogP contribution is -2.17. The minimum absolute atomic E-state index is 0.111. The van der Waals surface area contributed by atoms with E-state index in [1.165, 1.54) is 5.56 Å². The van der Waals surface area contributed by atoms with Gasteiger partial charge in [0.05, 0.1) is 18.8 Å². The zero-order chi connectivity index (χ0) is 11.1. The van der Waals surface area contributed by atoms with Crippen LogP contribution in [0.5, 0.6) is 0 Å². The molecule has 1 rings (SSSR count). The van der Waals surface area contributed by atoms with Crippen molar-refractivity contribution in [1.29, 1.82) is 0 Å². The summed E-state index contributed by atoms with van der Waals surface area (Å²) < 4.78 is 5.64. The van der Waals surface area contributed by atoms with E-state index in [2.05, 4.69) is 0 Å². The summed E-state index contributed by atoms with van der Waals surface area (Å²) in [5, 5.41) is 9.45. The van der Waals surface area contributed by atoms with Gasteiger partial charge in [0.15, 0.2) is 0 Å². The summed E-state index contributed by atoms with van der Waals surface area (Å²) >= 11 is 0. The van der Waals surface area contributed by atoms with E-state index in [-0.39, 0.29) is 12.2 Å². The number of rotatable bonds is 6. The second-order valence-electron chi connectivity index (χ2n) is 3.90. The topological polar surface area (TPSA) is 29.5 Å². The van der Waals surface area contributed by atoms with E-state index in [1.54, 1.807) is 0 Å². The Balaban J connectivity index is 2.25. The first-order chi connectivity index (χ1) is 7.22. The van der Waals surface area contributed by atoms with Crippen LogP contribution in [0.4, 0.5) is 0 Å². The largest absolute Gasteiger partial charge is 0.393 e. The highest BCUT2D eigenvalue weighted by molar-refractivity contribution is 5.13. The third-order valence-electron chi connectivity index (χ3n) is 2.45. The van der Waals surface area contributed by atoms with Crippen molar-refractivity contribution >= 4 is 0 Å². The molecule has 0 heterocycles. The van der Waals surface area contributed by atoms with Crippen molar-refractivity contribution in [3.8, 4) is 0 Å². The summed E-state index contributed by atoms with van der Waals surface area (Å²) in [6, 6.07) is 10.1. The second kappa shape index (κ2) is 6.59. The molecule has 0 aromatic heterocycles. The van der Waals surface area contributed by atoms with E-state index in [4.69, 9.17) is 4.74 Å². The molecule has 0 fully saturated rings. The van der Waals surface area contributed by atoms with Crippen molar-refractivity contribution in [2.45, 2.75) is 45.5 Å². The fourth-order valence-corrected chi connectivity index (χ4v) is 1.43. The fourth-order valence-electron chi connectivity index (χ4n) is 1.43. The second-order valence-corrected chi connectivity index (χ2v) is 3.90. The van der Waals surface area contributed by atoms with Crippen LogP contribution in [-0.4, -0.2) is 17.3 Å². The molecule has 0 saturated carbocycles. The normalized spacial score (nSPS) is 14.9. The van der Waals surface area contributed by atoms with Gasteiger partial charge in [-0.1, -0.05) is 37.3 Å². The highest BCUT2D eigenvalue weighted by Gasteiger charge is 2.08. The molecule has 84 valence electrons. The van der Waals surface area contributed by atoms with Gasteiger partial charge in [-0.25, -0.2) is 0 Å². The molecular formula is C13H20O2. The number of hydrogen-bond acceptors (Lipinski definition) is 2. The molecule has 0 aliphatic carbocycles. The van der Waals surface area contributed by atoms with Crippen molar-refractivity contribution in [1.82, 2.24) is 0 Å². The molecule has 15 heavy (non-hydrogen) atoms. The first-order valence-electron chi connectivity index (χ1n) is 5.56. The van der Waals surface area contributed by atoms with Crippen molar-refractivity contribution in [2.24, 2.45) is 0 Å². The van der Waals surface area contributed by atoms with Gasteiger partial charge < -0.3 is 9.84 Å². The summed E-state index contributed by atoms with van der Waals surface area (Å²) in [5.74, 6) is 0. The summed E-state index contributed by atoms with van der Waals surface area (Å²) in [5.41, 5.74) is 1.18. The van der Waals surface area contributed by atoms with Gasteiger partial charge in [-0.15, -0.1) is 0 Å². The van der Waals surface area contributed by atoms with E-state index in [0.717, 1.165) is 6.42 Å². The van der Waals surface area contributed by atoms with Crippen LogP contribution in [0.25, 0.3) is 0 Å². The molecule has 1 aromatic rings. The zero-order valence-corrected chi connectivity index (χ0v) is 9.52. The number of aliphatic hydroxyl groups excluding tert-OH is 1. The maximum Gasteiger partial charge on any atom is 0.0720 e. The smallest absolute Gasteiger partial charge is 0.0720 e. The van der Waals surface area contributed by atoms with Crippen LogP contribution < -0.4 is 0 Å². The minimum Gasteiger partial charge on any atom is -0.393 e. The SMILES string of the molecule is CC[C@H](O)C[C@@H](C)OCc1ccccc1. The van der Waals surface area contributed by atoms with Crippen molar-refractivity contribution in [3.63, 3.8) is 0 Å². The van der Waals surface area contributed by atoms with E-state index < -0.39 is 0 Å². The van der Waals surface area contributed by atoms with Gasteiger partial charge in [0.25, 0.3) is 0 Å². The van der Waals surface area contributed by atoms with Crippen LogP contribution in [0.1, 0.15) is 32.3 Å². The van der Waals surface area contributed by atoms with Gasteiger partial charge in [0, 0.05) is 0 Å². The molecule has 0 aliphatic rings. The first kappa shape index (κ1) is 12.2. The number of benzene rings is 1. The maximum absolute atomic E-state index is 9.45. The zero-order valence-electron chi connectivity index (χ0n) is 9.52. The van der Waals surface area contributed by atoms with Crippen molar-refractivity contribution in [3.05, 3.63) is 35.9 Å². The third-order valence-corrected chi connectivity index (χ3v) is 2.45. The molecule has 0 amide bonds. The monoisotopic (exact) mass is 208 g/mol. The lowest BCUT2D eigenvalue weighted by atomic mass is 10.1. The van der Waals surface area contributed by atoms with E-state index in [1.807, 2.05) is 44.2 Å². The minimum atomic E-state index is -0.240. The molecule has 0 bridgehead atoms. The molecule has 0 radical (unpaired) electrons. The van der Waals surface area contributed by atoms with Crippen LogP contribution in [0.15, 0.2) is 30.3 Å². The molecule has 0 unspecified atom stereocenters. The van der Waals surface area contributed by atoms with Gasteiger partial charge in [0.1, 0.15) is 0 Å². The Bertz CT molecular complexity index is 258. The average Bonchev–Trinajstić information content (AvgIpc) is 2.27. The van der Waals surface area contributed by atoms with Gasteiger partial charge in [-0.3, -0.25) is 0 Å². The predicted molar refractivity (Wildman–Crippen MR) is 61.6 cm³/mol. The van der Waals surface area contributed by atoms with Crippen molar-refractivity contribution < 1.29 is 9.84 Å². The predicted octanol–water partition coefficient (Wildman–Crippen LogP) is 2.75. The molecule has 2 heteroatoms. The Hall–Kier alpha value is -0.860. The third kappa shape index (κ3) is 4.96. The highest BCUT2D eigenvalue weighted by atomic mass is 16.5. The van der Waals surface area contributed by atoms with Gasteiger partial charge >= 0.3 is 0 Å². The fraction of sp³-hybridized carbons (Fsp3) is 0.538. The van der Waals surface area contributed by atoms with Gasteiger partial charge in [0.2, 0.25) is 0 Å². The van der Waals surface area contributed by atoms with Crippen LogP contribution in [0.2, 0.25) is 0 Å². The first-order valence-corrected chi connectivity index (χ1v) is 5.56. The molecule has 2 atom stereocenters. The Kier molecular flexibility index (Phi) is 5.37. The molecular weight excluding hydrogens is 188 g/mol. The van der Waals surface area contributed by atoms with Crippen LogP contribution in [-0.2, 0) is 11.3 Å². The molecule has 1 aromatic carbocycles. The summed E-state index contributed by atoms with van der Waals surface area (Å²) in [6.07, 6.45) is 1.37. The summed E-state index contributed by atoms with van der Waals surface area (Å²) in [6.45, 7) is 4.61. The number of aliphatic hydroxyl groups is 1. The van der Waals surface area contributed by atoms with Crippen LogP contribution in [0, 0.1) is 0 Å². The molecule has 0 saturated heterocycles. The molecule has 2 nitrogen and oxygen atoms in total.